The van der Waals surface area contributed by atoms with Crippen LogP contribution in [0.2, 0.25) is 0 Å². The van der Waals surface area contributed by atoms with Gasteiger partial charge in [0.15, 0.2) is 0 Å². The van der Waals surface area contributed by atoms with Crippen LogP contribution in [0.5, 0.6) is 0 Å². The Morgan fingerprint density at radius 1 is 1.11 bits per heavy atom. The second-order valence-corrected chi connectivity index (χ2v) is 8.05. The maximum absolute atomic E-state index is 14.1. The number of hydrogen-bond donors (Lipinski definition) is 2. The second-order valence-electron chi connectivity index (χ2n) is 6.37. The number of anilines is 1. The first-order valence-electron chi connectivity index (χ1n) is 8.41. The molecule has 138 valence electrons. The lowest BCUT2D eigenvalue weighted by Crippen LogP contribution is -2.27. The molecule has 8 heteroatoms. The first kappa shape index (κ1) is 17.6. The average Bonchev–Trinajstić information content (AvgIpc) is 3.45. The van der Waals surface area contributed by atoms with E-state index in [4.69, 9.17) is 0 Å². The number of carbonyl (C=O) groups is 1. The van der Waals surface area contributed by atoms with Crippen LogP contribution in [0.1, 0.15) is 23.2 Å². The van der Waals surface area contributed by atoms with Gasteiger partial charge in [-0.25, -0.2) is 17.5 Å². The second kappa shape index (κ2) is 6.71. The van der Waals surface area contributed by atoms with Crippen LogP contribution in [-0.2, 0) is 10.0 Å². The third-order valence-electron chi connectivity index (χ3n) is 4.28. The summed E-state index contributed by atoms with van der Waals surface area (Å²) in [7, 11) is -4.01. The average molecular weight is 385 g/mol. The number of rotatable bonds is 5. The van der Waals surface area contributed by atoms with Crippen LogP contribution in [-0.4, -0.2) is 25.4 Å². The molecule has 1 amide bonds. The number of halogens is 1. The van der Waals surface area contributed by atoms with E-state index in [9.17, 15) is 17.6 Å². The summed E-state index contributed by atoms with van der Waals surface area (Å²) >= 11 is 0. The molecule has 1 fully saturated rings. The van der Waals surface area contributed by atoms with Crippen molar-refractivity contribution >= 4 is 32.5 Å². The van der Waals surface area contributed by atoms with Crippen LogP contribution in [0.15, 0.2) is 59.6 Å². The standard InChI is InChI=1S/C19H16FN3O3S/c20-15-8-5-12(11-18(15)27(25,26)23-13-6-7-13)19(24)22-17-9-10-21-16-4-2-1-3-14(16)17/h1-5,8-11,13,23H,6-7H2,(H,21,22,24). The van der Waals surface area contributed by atoms with Gasteiger partial charge in [-0.2, -0.15) is 0 Å². The smallest absolute Gasteiger partial charge is 0.255 e. The topological polar surface area (TPSA) is 88.2 Å². The lowest BCUT2D eigenvalue weighted by Gasteiger charge is -2.11. The summed E-state index contributed by atoms with van der Waals surface area (Å²) < 4.78 is 41.1. The Hall–Kier alpha value is -2.84. The zero-order chi connectivity index (χ0) is 19.0. The number of carbonyl (C=O) groups excluding carboxylic acids is 1. The summed E-state index contributed by atoms with van der Waals surface area (Å²) in [5.41, 5.74) is 1.30. The molecule has 1 heterocycles. The fourth-order valence-corrected chi connectivity index (χ4v) is 4.14. The quantitative estimate of drug-likeness (QED) is 0.707. The summed E-state index contributed by atoms with van der Waals surface area (Å²) in [6.45, 7) is 0. The van der Waals surface area contributed by atoms with Crippen molar-refractivity contribution in [3.8, 4) is 0 Å². The van der Waals surface area contributed by atoms with Crippen LogP contribution in [0.3, 0.4) is 0 Å². The molecule has 0 unspecified atom stereocenters. The van der Waals surface area contributed by atoms with Gasteiger partial charge in [-0.05, 0) is 43.2 Å². The molecule has 1 aliphatic rings. The number of hydrogen-bond acceptors (Lipinski definition) is 4. The number of para-hydroxylation sites is 1. The summed E-state index contributed by atoms with van der Waals surface area (Å²) in [6.07, 6.45) is 3.03. The predicted octanol–water partition coefficient (Wildman–Crippen LogP) is 3.07. The van der Waals surface area contributed by atoms with Gasteiger partial charge in [0.25, 0.3) is 5.91 Å². The molecule has 0 radical (unpaired) electrons. The highest BCUT2D eigenvalue weighted by Gasteiger charge is 2.30. The van der Waals surface area contributed by atoms with Crippen molar-refractivity contribution in [2.24, 2.45) is 0 Å². The maximum Gasteiger partial charge on any atom is 0.255 e. The Kier molecular flexibility index (Phi) is 4.37. The van der Waals surface area contributed by atoms with E-state index in [0.717, 1.165) is 30.4 Å². The molecule has 6 nitrogen and oxygen atoms in total. The first-order chi connectivity index (χ1) is 12.9. The fourth-order valence-electron chi connectivity index (χ4n) is 2.73. The minimum absolute atomic E-state index is 0.0495. The van der Waals surface area contributed by atoms with Crippen molar-refractivity contribution < 1.29 is 17.6 Å². The van der Waals surface area contributed by atoms with Crippen LogP contribution in [0, 0.1) is 5.82 Å². The molecular formula is C19H16FN3O3S. The number of pyridine rings is 1. The molecule has 1 aromatic heterocycles. The Bertz CT molecular complexity index is 1140. The monoisotopic (exact) mass is 385 g/mol. The molecule has 1 aliphatic carbocycles. The lowest BCUT2D eigenvalue weighted by atomic mass is 10.1. The predicted molar refractivity (Wildman–Crippen MR) is 99.4 cm³/mol. The number of sulfonamides is 1. The fraction of sp³-hybridized carbons (Fsp3) is 0.158. The molecule has 0 atom stereocenters. The molecule has 3 aromatic rings. The molecule has 0 saturated heterocycles. The summed E-state index contributed by atoms with van der Waals surface area (Å²) in [6, 6.07) is 12.1. The highest BCUT2D eigenvalue weighted by molar-refractivity contribution is 7.89. The lowest BCUT2D eigenvalue weighted by molar-refractivity contribution is 0.102. The molecule has 27 heavy (non-hydrogen) atoms. The van der Waals surface area contributed by atoms with E-state index < -0.39 is 26.6 Å². The van der Waals surface area contributed by atoms with E-state index in [0.29, 0.717) is 11.2 Å². The third kappa shape index (κ3) is 3.67. The molecule has 4 rings (SSSR count). The Balaban J connectivity index is 1.65. The van der Waals surface area contributed by atoms with Gasteiger partial charge in [-0.3, -0.25) is 9.78 Å². The third-order valence-corrected chi connectivity index (χ3v) is 5.81. The van der Waals surface area contributed by atoms with Crippen molar-refractivity contribution in [3.63, 3.8) is 0 Å². The highest BCUT2D eigenvalue weighted by Crippen LogP contribution is 2.25. The minimum atomic E-state index is -4.01. The number of aromatic nitrogens is 1. The van der Waals surface area contributed by atoms with Gasteiger partial charge >= 0.3 is 0 Å². The zero-order valence-electron chi connectivity index (χ0n) is 14.1. The van der Waals surface area contributed by atoms with E-state index in [2.05, 4.69) is 15.0 Å². The largest absolute Gasteiger partial charge is 0.321 e. The highest BCUT2D eigenvalue weighted by atomic mass is 32.2. The molecule has 0 aliphatic heterocycles. The molecule has 2 N–H and O–H groups in total. The summed E-state index contributed by atoms with van der Waals surface area (Å²) in [4.78, 5) is 16.3. The van der Waals surface area contributed by atoms with Crippen LogP contribution < -0.4 is 10.0 Å². The molecule has 2 aromatic carbocycles. The zero-order valence-corrected chi connectivity index (χ0v) is 15.0. The van der Waals surface area contributed by atoms with E-state index in [1.165, 1.54) is 6.07 Å². The number of nitrogens with zero attached hydrogens (tertiary/aromatic N) is 1. The number of benzene rings is 2. The molecule has 0 spiro atoms. The SMILES string of the molecule is O=C(Nc1ccnc2ccccc12)c1ccc(F)c(S(=O)(=O)NC2CC2)c1. The van der Waals surface area contributed by atoms with Gasteiger partial charge in [-0.1, -0.05) is 18.2 Å². The van der Waals surface area contributed by atoms with Crippen LogP contribution in [0.25, 0.3) is 10.9 Å². The summed E-state index contributed by atoms with van der Waals surface area (Å²) in [5, 5.41) is 3.48. The Morgan fingerprint density at radius 3 is 2.67 bits per heavy atom. The number of fused-ring (bicyclic) bond motifs is 1. The van der Waals surface area contributed by atoms with Crippen molar-refractivity contribution in [2.75, 3.05) is 5.32 Å². The van der Waals surface area contributed by atoms with E-state index in [-0.39, 0.29) is 11.6 Å². The molecular weight excluding hydrogens is 369 g/mol. The molecule has 1 saturated carbocycles. The normalized spacial score (nSPS) is 14.3. The van der Waals surface area contributed by atoms with Gasteiger partial charge in [0.2, 0.25) is 10.0 Å². The van der Waals surface area contributed by atoms with Crippen molar-refractivity contribution in [3.05, 3.63) is 66.1 Å². The van der Waals surface area contributed by atoms with E-state index >= 15 is 0 Å². The van der Waals surface area contributed by atoms with Gasteiger partial charge in [-0.15, -0.1) is 0 Å². The van der Waals surface area contributed by atoms with E-state index in [1.807, 2.05) is 24.3 Å². The van der Waals surface area contributed by atoms with Crippen molar-refractivity contribution in [2.45, 2.75) is 23.8 Å². The van der Waals surface area contributed by atoms with Crippen molar-refractivity contribution in [1.82, 2.24) is 9.71 Å². The van der Waals surface area contributed by atoms with E-state index in [1.54, 1.807) is 12.3 Å². The van der Waals surface area contributed by atoms with Gasteiger partial charge in [0, 0.05) is 23.2 Å². The minimum Gasteiger partial charge on any atom is -0.321 e. The van der Waals surface area contributed by atoms with Gasteiger partial charge in [0.05, 0.1) is 11.2 Å². The van der Waals surface area contributed by atoms with Crippen LogP contribution >= 0.6 is 0 Å². The Morgan fingerprint density at radius 2 is 1.89 bits per heavy atom. The number of nitrogens with one attached hydrogen (secondary N) is 2. The van der Waals surface area contributed by atoms with Gasteiger partial charge in [0.1, 0.15) is 10.7 Å². The van der Waals surface area contributed by atoms with Crippen LogP contribution in [0.4, 0.5) is 10.1 Å². The summed E-state index contributed by atoms with van der Waals surface area (Å²) in [5.74, 6) is -1.43. The van der Waals surface area contributed by atoms with Crippen molar-refractivity contribution in [1.29, 1.82) is 0 Å². The maximum atomic E-state index is 14.1. The first-order valence-corrected chi connectivity index (χ1v) is 9.89. The Labute approximate surface area is 155 Å². The molecule has 0 bridgehead atoms. The number of amides is 1. The van der Waals surface area contributed by atoms with Gasteiger partial charge < -0.3 is 5.32 Å².